The summed E-state index contributed by atoms with van der Waals surface area (Å²) in [5.74, 6) is 0.126. The van der Waals surface area contributed by atoms with Crippen LogP contribution in [-0.4, -0.2) is 54.9 Å². The lowest BCUT2D eigenvalue weighted by Crippen LogP contribution is -2.35. The Morgan fingerprint density at radius 2 is 1.82 bits per heavy atom. The van der Waals surface area contributed by atoms with E-state index in [1.54, 1.807) is 19.0 Å². The fourth-order valence-corrected chi connectivity index (χ4v) is 1.47. The van der Waals surface area contributed by atoms with Gasteiger partial charge >= 0.3 is 0 Å². The van der Waals surface area contributed by atoms with Gasteiger partial charge in [-0.3, -0.25) is 9.69 Å². The molecule has 0 spiro atoms. The number of amides is 1. The molecular weight excluding hydrogens is 234 g/mol. The number of nitrogens with two attached hydrogens (primary N) is 1. The average Bonchev–Trinajstić information content (AvgIpc) is 2.16. The molecule has 0 unspecified atom stereocenters. The van der Waals surface area contributed by atoms with Gasteiger partial charge in [-0.05, 0) is 26.4 Å². The molecule has 0 bridgehead atoms. The van der Waals surface area contributed by atoms with E-state index in [0.717, 1.165) is 19.4 Å². The molecule has 4 nitrogen and oxygen atoms in total. The summed E-state index contributed by atoms with van der Waals surface area (Å²) >= 11 is 5.02. The summed E-state index contributed by atoms with van der Waals surface area (Å²) < 4.78 is 0. The first-order valence-corrected chi connectivity index (χ1v) is 6.26. The topological polar surface area (TPSA) is 49.6 Å². The highest BCUT2D eigenvalue weighted by Crippen LogP contribution is 2.22. The van der Waals surface area contributed by atoms with Crippen LogP contribution < -0.4 is 5.73 Å². The van der Waals surface area contributed by atoms with Crippen LogP contribution in [0, 0.1) is 5.41 Å². The standard InChI is InChI=1S/C12H25N3OS/c1-12(2,11(13)17)7-6-8-15(5)9-10(16)14(3)4/h6-9H2,1-5H3,(H2,13,17). The molecule has 1 amide bonds. The predicted octanol–water partition coefficient (Wildman–Crippen LogP) is 1.10. The van der Waals surface area contributed by atoms with Crippen LogP contribution in [0.5, 0.6) is 0 Å². The molecule has 100 valence electrons. The van der Waals surface area contributed by atoms with Crippen molar-refractivity contribution in [2.45, 2.75) is 26.7 Å². The van der Waals surface area contributed by atoms with E-state index in [1.807, 2.05) is 11.9 Å². The van der Waals surface area contributed by atoms with Crippen LogP contribution in [0.15, 0.2) is 0 Å². The van der Waals surface area contributed by atoms with Crippen LogP contribution in [0.2, 0.25) is 0 Å². The molecular formula is C12H25N3OS. The lowest BCUT2D eigenvalue weighted by molar-refractivity contribution is -0.129. The highest BCUT2D eigenvalue weighted by Gasteiger charge is 2.20. The first-order chi connectivity index (χ1) is 7.66. The van der Waals surface area contributed by atoms with Crippen molar-refractivity contribution in [3.05, 3.63) is 0 Å². The second-order valence-corrected chi connectivity index (χ2v) is 5.82. The summed E-state index contributed by atoms with van der Waals surface area (Å²) in [5.41, 5.74) is 5.57. The predicted molar refractivity (Wildman–Crippen MR) is 76.0 cm³/mol. The van der Waals surface area contributed by atoms with Gasteiger partial charge < -0.3 is 10.6 Å². The highest BCUT2D eigenvalue weighted by atomic mass is 32.1. The molecule has 0 heterocycles. The second kappa shape index (κ2) is 6.91. The SMILES string of the molecule is CN(CCCC(C)(C)C(N)=S)CC(=O)N(C)C. The zero-order valence-corrected chi connectivity index (χ0v) is 12.4. The number of nitrogens with zero attached hydrogens (tertiary/aromatic N) is 2. The summed E-state index contributed by atoms with van der Waals surface area (Å²) in [4.78, 5) is 15.7. The number of carbonyl (C=O) groups is 1. The van der Waals surface area contributed by atoms with Gasteiger partial charge in [0.1, 0.15) is 0 Å². The molecule has 0 aliphatic heterocycles. The zero-order valence-electron chi connectivity index (χ0n) is 11.6. The minimum Gasteiger partial charge on any atom is -0.393 e. The average molecular weight is 259 g/mol. The van der Waals surface area contributed by atoms with Crippen molar-refractivity contribution in [2.24, 2.45) is 11.1 Å². The van der Waals surface area contributed by atoms with Crippen LogP contribution in [-0.2, 0) is 4.79 Å². The van der Waals surface area contributed by atoms with E-state index < -0.39 is 0 Å². The molecule has 0 rings (SSSR count). The normalized spacial score (nSPS) is 11.6. The van der Waals surface area contributed by atoms with Gasteiger partial charge in [0, 0.05) is 19.5 Å². The van der Waals surface area contributed by atoms with E-state index in [1.165, 1.54) is 0 Å². The van der Waals surface area contributed by atoms with Crippen LogP contribution >= 0.6 is 12.2 Å². The molecule has 5 heteroatoms. The highest BCUT2D eigenvalue weighted by molar-refractivity contribution is 7.80. The molecule has 0 atom stereocenters. The van der Waals surface area contributed by atoms with E-state index in [0.29, 0.717) is 11.5 Å². The number of thiocarbonyl (C=S) groups is 1. The van der Waals surface area contributed by atoms with Crippen molar-refractivity contribution in [1.82, 2.24) is 9.80 Å². The molecule has 0 aliphatic rings. The van der Waals surface area contributed by atoms with E-state index in [2.05, 4.69) is 13.8 Å². The summed E-state index contributed by atoms with van der Waals surface area (Å²) in [7, 11) is 5.49. The third kappa shape index (κ3) is 6.58. The molecule has 0 aliphatic carbocycles. The van der Waals surface area contributed by atoms with Crippen LogP contribution in [0.25, 0.3) is 0 Å². The second-order valence-electron chi connectivity index (χ2n) is 5.38. The number of hydrogen-bond acceptors (Lipinski definition) is 3. The summed E-state index contributed by atoms with van der Waals surface area (Å²) in [5, 5.41) is 0. The van der Waals surface area contributed by atoms with Gasteiger partial charge in [-0.25, -0.2) is 0 Å². The quantitative estimate of drug-likeness (QED) is 0.696. The number of carbonyl (C=O) groups excluding carboxylic acids is 1. The molecule has 0 saturated carbocycles. The van der Waals surface area contributed by atoms with Crippen molar-refractivity contribution < 1.29 is 4.79 Å². The lowest BCUT2D eigenvalue weighted by atomic mass is 9.88. The Bertz CT molecular complexity index is 277. The number of hydrogen-bond donors (Lipinski definition) is 1. The van der Waals surface area contributed by atoms with E-state index >= 15 is 0 Å². The van der Waals surface area contributed by atoms with Gasteiger partial charge in [0.2, 0.25) is 5.91 Å². The molecule has 0 aromatic rings. The van der Waals surface area contributed by atoms with Gasteiger partial charge in [-0.2, -0.15) is 0 Å². The molecule has 0 aromatic heterocycles. The van der Waals surface area contributed by atoms with Crippen molar-refractivity contribution in [3.63, 3.8) is 0 Å². The van der Waals surface area contributed by atoms with E-state index in [9.17, 15) is 4.79 Å². The monoisotopic (exact) mass is 259 g/mol. The van der Waals surface area contributed by atoms with Crippen molar-refractivity contribution >= 4 is 23.1 Å². The Labute approximate surface area is 110 Å². The maximum atomic E-state index is 11.5. The van der Waals surface area contributed by atoms with Crippen molar-refractivity contribution in [2.75, 3.05) is 34.2 Å². The summed E-state index contributed by atoms with van der Waals surface area (Å²) in [6, 6.07) is 0. The van der Waals surface area contributed by atoms with Crippen LogP contribution in [0.1, 0.15) is 26.7 Å². The Morgan fingerprint density at radius 3 is 2.24 bits per heavy atom. The minimum absolute atomic E-state index is 0.0955. The van der Waals surface area contributed by atoms with Gasteiger partial charge in [0.25, 0.3) is 0 Å². The fraction of sp³-hybridized carbons (Fsp3) is 0.833. The van der Waals surface area contributed by atoms with E-state index in [4.69, 9.17) is 18.0 Å². The van der Waals surface area contributed by atoms with Gasteiger partial charge in [-0.1, -0.05) is 26.1 Å². The molecule has 17 heavy (non-hydrogen) atoms. The fourth-order valence-electron chi connectivity index (χ4n) is 1.37. The lowest BCUT2D eigenvalue weighted by Gasteiger charge is -2.25. The minimum atomic E-state index is -0.0955. The molecule has 2 N–H and O–H groups in total. The summed E-state index contributed by atoms with van der Waals surface area (Å²) in [6.45, 7) is 5.45. The molecule has 0 fully saturated rings. The van der Waals surface area contributed by atoms with Crippen LogP contribution in [0.3, 0.4) is 0 Å². The summed E-state index contributed by atoms with van der Waals surface area (Å²) in [6.07, 6.45) is 1.93. The van der Waals surface area contributed by atoms with Gasteiger partial charge in [0.15, 0.2) is 0 Å². The van der Waals surface area contributed by atoms with Crippen LogP contribution in [0.4, 0.5) is 0 Å². The van der Waals surface area contributed by atoms with Gasteiger partial charge in [-0.15, -0.1) is 0 Å². The number of rotatable bonds is 7. The van der Waals surface area contributed by atoms with E-state index in [-0.39, 0.29) is 11.3 Å². The Balaban J connectivity index is 3.90. The Kier molecular flexibility index (Phi) is 6.64. The molecule has 0 saturated heterocycles. The smallest absolute Gasteiger partial charge is 0.236 e. The Morgan fingerprint density at radius 1 is 1.29 bits per heavy atom. The first kappa shape index (κ1) is 16.3. The molecule has 0 aromatic carbocycles. The largest absolute Gasteiger partial charge is 0.393 e. The first-order valence-electron chi connectivity index (χ1n) is 5.85. The maximum absolute atomic E-state index is 11.5. The molecule has 0 radical (unpaired) electrons. The third-order valence-corrected chi connectivity index (χ3v) is 3.47. The third-order valence-electron chi connectivity index (χ3n) is 2.91. The maximum Gasteiger partial charge on any atom is 0.236 e. The zero-order chi connectivity index (χ0) is 13.6. The Hall–Kier alpha value is -0.680. The number of likely N-dealkylation sites (N-methyl/N-ethyl adjacent to an activating group) is 2. The van der Waals surface area contributed by atoms with Crippen molar-refractivity contribution in [1.29, 1.82) is 0 Å². The van der Waals surface area contributed by atoms with Gasteiger partial charge in [0.05, 0.1) is 11.5 Å². The van der Waals surface area contributed by atoms with Crippen molar-refractivity contribution in [3.8, 4) is 0 Å².